The second-order valence-electron chi connectivity index (χ2n) is 4.90. The van der Waals surface area contributed by atoms with Gasteiger partial charge in [0.1, 0.15) is 11.6 Å². The van der Waals surface area contributed by atoms with Crippen LogP contribution in [-0.4, -0.2) is 15.2 Å². The lowest BCUT2D eigenvalue weighted by atomic mass is 10.1. The zero-order valence-corrected chi connectivity index (χ0v) is 11.5. The number of aliphatic hydroxyl groups is 1. The van der Waals surface area contributed by atoms with Crippen molar-refractivity contribution in [2.45, 2.75) is 13.2 Å². The van der Waals surface area contributed by atoms with Crippen LogP contribution >= 0.6 is 0 Å². The first-order valence-electron chi connectivity index (χ1n) is 6.76. The average molecular weight is 280 g/mol. The third kappa shape index (κ3) is 2.95. The van der Waals surface area contributed by atoms with Gasteiger partial charge in [0, 0.05) is 18.1 Å². The van der Waals surface area contributed by atoms with E-state index in [1.807, 2.05) is 36.4 Å². The van der Waals surface area contributed by atoms with Crippen molar-refractivity contribution >= 4 is 16.6 Å². The highest BCUT2D eigenvalue weighted by atomic mass is 16.3. The summed E-state index contributed by atoms with van der Waals surface area (Å²) in [5.41, 5.74) is 1.96. The normalized spacial score (nSPS) is 10.7. The van der Waals surface area contributed by atoms with E-state index < -0.39 is 0 Å². The van der Waals surface area contributed by atoms with Gasteiger partial charge >= 0.3 is 0 Å². The monoisotopic (exact) mass is 280 g/mol. The molecule has 0 aliphatic rings. The first kappa shape index (κ1) is 13.4. The molecule has 0 amide bonds. The molecule has 21 heavy (non-hydrogen) atoms. The molecule has 0 fully saturated rings. The molecule has 3 aromatic rings. The molecule has 0 radical (unpaired) electrons. The number of aromatic nitrogens is 1. The highest BCUT2D eigenvalue weighted by molar-refractivity contribution is 5.92. The third-order valence-electron chi connectivity index (χ3n) is 3.38. The van der Waals surface area contributed by atoms with Crippen LogP contribution in [0.5, 0.6) is 5.75 Å². The van der Waals surface area contributed by atoms with E-state index in [4.69, 9.17) is 5.11 Å². The van der Waals surface area contributed by atoms with Gasteiger partial charge in [0.15, 0.2) is 0 Å². The molecule has 1 heterocycles. The molecule has 4 heteroatoms. The molecule has 0 saturated heterocycles. The number of benzene rings is 2. The number of phenolic OH excluding ortho intramolecular Hbond substituents is 1. The Kier molecular flexibility index (Phi) is 3.71. The van der Waals surface area contributed by atoms with Crippen LogP contribution in [0.2, 0.25) is 0 Å². The van der Waals surface area contributed by atoms with Crippen LogP contribution in [0.15, 0.2) is 54.7 Å². The number of phenols is 1. The van der Waals surface area contributed by atoms with Crippen molar-refractivity contribution in [2.24, 2.45) is 0 Å². The fraction of sp³-hybridized carbons (Fsp3) is 0.118. The molecular weight excluding hydrogens is 264 g/mol. The second-order valence-corrected chi connectivity index (χ2v) is 4.90. The van der Waals surface area contributed by atoms with Crippen LogP contribution in [0, 0.1) is 0 Å². The fourth-order valence-electron chi connectivity index (χ4n) is 2.32. The summed E-state index contributed by atoms with van der Waals surface area (Å²) in [6.45, 7) is 0.643. The van der Waals surface area contributed by atoms with Gasteiger partial charge in [-0.25, -0.2) is 4.98 Å². The number of nitrogens with zero attached hydrogens (tertiary/aromatic N) is 1. The summed E-state index contributed by atoms with van der Waals surface area (Å²) in [6, 6.07) is 14.9. The summed E-state index contributed by atoms with van der Waals surface area (Å²) in [6.07, 6.45) is 1.74. The molecule has 1 aromatic heterocycles. The summed E-state index contributed by atoms with van der Waals surface area (Å²) >= 11 is 0. The summed E-state index contributed by atoms with van der Waals surface area (Å²) in [7, 11) is 0. The molecule has 0 saturated carbocycles. The molecule has 3 N–H and O–H groups in total. The van der Waals surface area contributed by atoms with Gasteiger partial charge in [-0.1, -0.05) is 30.3 Å². The molecule has 0 bridgehead atoms. The fourth-order valence-corrected chi connectivity index (χ4v) is 2.32. The second kappa shape index (κ2) is 5.81. The van der Waals surface area contributed by atoms with Crippen LogP contribution < -0.4 is 5.32 Å². The minimum absolute atomic E-state index is 0.0359. The van der Waals surface area contributed by atoms with E-state index >= 15 is 0 Å². The number of hydrogen-bond donors (Lipinski definition) is 3. The highest BCUT2D eigenvalue weighted by Crippen LogP contribution is 2.25. The maximum Gasteiger partial charge on any atom is 0.134 e. The smallest absolute Gasteiger partial charge is 0.134 e. The van der Waals surface area contributed by atoms with Crippen LogP contribution in [0.4, 0.5) is 5.82 Å². The summed E-state index contributed by atoms with van der Waals surface area (Å²) in [5.74, 6) is 0.957. The van der Waals surface area contributed by atoms with Crippen LogP contribution in [-0.2, 0) is 13.2 Å². The summed E-state index contributed by atoms with van der Waals surface area (Å²) in [4.78, 5) is 4.33. The zero-order valence-electron chi connectivity index (χ0n) is 11.5. The maximum atomic E-state index is 9.62. The van der Waals surface area contributed by atoms with Crippen LogP contribution in [0.25, 0.3) is 10.8 Å². The van der Waals surface area contributed by atoms with Gasteiger partial charge in [0.25, 0.3) is 0 Å². The molecule has 0 unspecified atom stereocenters. The molecule has 0 atom stereocenters. The van der Waals surface area contributed by atoms with Crippen molar-refractivity contribution in [3.63, 3.8) is 0 Å². The molecule has 2 aromatic carbocycles. The first-order chi connectivity index (χ1) is 10.3. The lowest BCUT2D eigenvalue weighted by Gasteiger charge is -2.10. The predicted octanol–water partition coefficient (Wildman–Crippen LogP) is 3.04. The number of rotatable bonds is 4. The van der Waals surface area contributed by atoms with Crippen molar-refractivity contribution in [3.8, 4) is 5.75 Å². The number of pyridine rings is 1. The molecule has 0 spiro atoms. The van der Waals surface area contributed by atoms with Gasteiger partial charge in [-0.15, -0.1) is 0 Å². The maximum absolute atomic E-state index is 9.62. The quantitative estimate of drug-likeness (QED) is 0.687. The number of hydrogen-bond acceptors (Lipinski definition) is 4. The highest BCUT2D eigenvalue weighted by Gasteiger charge is 2.03. The number of nitrogens with one attached hydrogen (secondary N) is 1. The van der Waals surface area contributed by atoms with Gasteiger partial charge in [-0.3, -0.25) is 0 Å². The topological polar surface area (TPSA) is 65.4 Å². The lowest BCUT2D eigenvalue weighted by Crippen LogP contribution is -2.02. The van der Waals surface area contributed by atoms with E-state index in [-0.39, 0.29) is 12.4 Å². The van der Waals surface area contributed by atoms with Gasteiger partial charge in [-0.05, 0) is 34.7 Å². The molecule has 4 nitrogen and oxygen atoms in total. The first-order valence-corrected chi connectivity index (χ1v) is 6.76. The minimum atomic E-state index is 0.0359. The van der Waals surface area contributed by atoms with E-state index in [9.17, 15) is 5.11 Å². The van der Waals surface area contributed by atoms with E-state index in [1.54, 1.807) is 18.3 Å². The minimum Gasteiger partial charge on any atom is -0.508 e. The number of aromatic hydroxyl groups is 1. The van der Waals surface area contributed by atoms with E-state index in [1.165, 1.54) is 0 Å². The number of anilines is 1. The summed E-state index contributed by atoms with van der Waals surface area (Å²) in [5, 5.41) is 24.0. The zero-order chi connectivity index (χ0) is 14.7. The Bertz CT molecular complexity index is 772. The number of fused-ring (bicyclic) bond motifs is 1. The largest absolute Gasteiger partial charge is 0.508 e. The Balaban J connectivity index is 1.86. The molecule has 0 aliphatic heterocycles. The Morgan fingerprint density at radius 2 is 1.86 bits per heavy atom. The van der Waals surface area contributed by atoms with Crippen LogP contribution in [0.3, 0.4) is 0 Å². The van der Waals surface area contributed by atoms with Crippen molar-refractivity contribution in [1.82, 2.24) is 4.98 Å². The third-order valence-corrected chi connectivity index (χ3v) is 3.38. The molecule has 3 rings (SSSR count). The molecule has 106 valence electrons. The van der Waals surface area contributed by atoms with E-state index in [0.29, 0.717) is 6.54 Å². The Morgan fingerprint density at radius 3 is 2.71 bits per heavy atom. The number of aliphatic hydroxyl groups excluding tert-OH is 1. The SMILES string of the molecule is OCc1cccc(CNc2nccc3ccc(O)cc23)c1. The Hall–Kier alpha value is -2.59. The standard InChI is InChI=1S/C17H16N2O2/c20-11-13-3-1-2-12(8-13)10-19-17-16-9-15(21)5-4-14(16)6-7-18-17/h1-9,20-21H,10-11H2,(H,18,19). The Morgan fingerprint density at radius 1 is 1.00 bits per heavy atom. The van der Waals surface area contributed by atoms with Crippen molar-refractivity contribution in [1.29, 1.82) is 0 Å². The van der Waals surface area contributed by atoms with Crippen molar-refractivity contribution in [2.75, 3.05) is 5.32 Å². The van der Waals surface area contributed by atoms with Gasteiger partial charge in [0.2, 0.25) is 0 Å². The van der Waals surface area contributed by atoms with E-state index in [0.717, 1.165) is 27.7 Å². The average Bonchev–Trinajstić information content (AvgIpc) is 2.53. The van der Waals surface area contributed by atoms with Gasteiger partial charge < -0.3 is 15.5 Å². The van der Waals surface area contributed by atoms with Gasteiger partial charge in [-0.2, -0.15) is 0 Å². The van der Waals surface area contributed by atoms with Crippen molar-refractivity contribution in [3.05, 3.63) is 65.9 Å². The van der Waals surface area contributed by atoms with Crippen LogP contribution in [0.1, 0.15) is 11.1 Å². The molecular formula is C17H16N2O2. The molecule has 0 aliphatic carbocycles. The lowest BCUT2D eigenvalue weighted by molar-refractivity contribution is 0.281. The summed E-state index contributed by atoms with van der Waals surface area (Å²) < 4.78 is 0. The van der Waals surface area contributed by atoms with Crippen molar-refractivity contribution < 1.29 is 10.2 Å². The predicted molar refractivity (Wildman–Crippen MR) is 83.1 cm³/mol. The van der Waals surface area contributed by atoms with Gasteiger partial charge in [0.05, 0.1) is 6.61 Å². The Labute approximate surface area is 122 Å². The van der Waals surface area contributed by atoms with E-state index in [2.05, 4.69) is 10.3 Å².